The summed E-state index contributed by atoms with van der Waals surface area (Å²) in [5, 5.41) is 14.1. The van der Waals surface area contributed by atoms with E-state index in [0.29, 0.717) is 11.6 Å². The first kappa shape index (κ1) is 55.3. The van der Waals surface area contributed by atoms with Crippen LogP contribution in [0.4, 0.5) is 0 Å². The predicted octanol–water partition coefficient (Wildman–Crippen LogP) is 23.9. The Kier molecular flexibility index (Phi) is 13.1. The summed E-state index contributed by atoms with van der Waals surface area (Å²) in [7, 11) is 0. The lowest BCUT2D eigenvalue weighted by Crippen LogP contribution is -1.92. The molecule has 0 unspecified atom stereocenters. The van der Waals surface area contributed by atoms with E-state index in [4.69, 9.17) is 38.7 Å². The average molecular weight is 1260 g/mol. The third-order valence-corrected chi connectivity index (χ3v) is 21.0. The number of rotatable bonds is 8. The van der Waals surface area contributed by atoms with Crippen molar-refractivity contribution in [3.8, 4) is 89.8 Å². The Labute approximate surface area is 557 Å². The lowest BCUT2D eigenvalue weighted by molar-refractivity contribution is 0.669. The smallest absolute Gasteiger partial charge is 0.162 e. The second-order valence-corrected chi connectivity index (χ2v) is 26.2. The topological polar surface area (TPSA) is 104 Å². The lowest BCUT2D eigenvalue weighted by atomic mass is 9.96. The molecule has 0 bridgehead atoms. The summed E-state index contributed by atoms with van der Waals surface area (Å²) in [6.45, 7) is 0. The van der Waals surface area contributed by atoms with Gasteiger partial charge in [-0.05, 0) is 104 Å². The molecule has 20 rings (SSSR count). The van der Waals surface area contributed by atoms with E-state index in [0.717, 1.165) is 116 Å². The van der Waals surface area contributed by atoms with E-state index >= 15 is 0 Å². The van der Waals surface area contributed by atoms with Crippen LogP contribution in [0.5, 0.6) is 0 Å². The molecule has 0 aliphatic heterocycles. The van der Waals surface area contributed by atoms with Gasteiger partial charge in [-0.25, -0.2) is 19.9 Å². The van der Waals surface area contributed by atoms with Crippen molar-refractivity contribution < 1.29 is 8.83 Å². The predicted molar refractivity (Wildman–Crippen MR) is 398 cm³/mol. The molecular weight excluding hydrogens is 1210 g/mol. The van der Waals surface area contributed by atoms with Crippen LogP contribution < -0.4 is 0 Å². The molecular formula is C86H50N6O2S2. The Balaban J connectivity index is 0.000000135. The van der Waals surface area contributed by atoms with Crippen molar-refractivity contribution in [2.75, 3.05) is 0 Å². The van der Waals surface area contributed by atoms with Crippen LogP contribution in [0.25, 0.3) is 196 Å². The highest BCUT2D eigenvalue weighted by Crippen LogP contribution is 2.44. The summed E-state index contributed by atoms with van der Waals surface area (Å²) in [6.07, 6.45) is 11.6. The van der Waals surface area contributed by atoms with Crippen molar-refractivity contribution in [2.24, 2.45) is 0 Å². The molecule has 8 aromatic heterocycles. The fourth-order valence-corrected chi connectivity index (χ4v) is 16.3. The minimum Gasteiger partial charge on any atom is -0.455 e. The molecule has 0 fully saturated rings. The largest absolute Gasteiger partial charge is 0.455 e. The molecule has 20 aromatic rings. The fraction of sp³-hybridized carbons (Fsp3) is 0. The molecule has 448 valence electrons. The highest BCUT2D eigenvalue weighted by Gasteiger charge is 2.19. The van der Waals surface area contributed by atoms with Crippen molar-refractivity contribution in [1.29, 1.82) is 0 Å². The Morgan fingerprint density at radius 2 is 0.604 bits per heavy atom. The van der Waals surface area contributed by atoms with Gasteiger partial charge in [-0.15, -0.1) is 22.7 Å². The number of aromatic nitrogens is 6. The second kappa shape index (κ2) is 22.7. The highest BCUT2D eigenvalue weighted by atomic mass is 32.1. The van der Waals surface area contributed by atoms with Crippen LogP contribution >= 0.6 is 22.7 Å². The number of hydrogen-bond acceptors (Lipinski definition) is 10. The molecule has 8 nitrogen and oxygen atoms in total. The van der Waals surface area contributed by atoms with Gasteiger partial charge in [0.1, 0.15) is 22.3 Å². The SMILES string of the molecule is c1cc(-c2ccc(-c3cccc4c3sc3ccccc34)nc2)c2ccc(-c3ccc(-c4cccc5c4sc4ccccc45)nc3)cc2c1.c1cc(-c2cnc(-c3cccc4c3oc3ccccc34)nc2)c2ccc(-c3cnc(-c4cccc5c4oc4ccccc45)nc3)cc2c1. The molecule has 0 N–H and O–H groups in total. The van der Waals surface area contributed by atoms with Crippen LogP contribution in [-0.4, -0.2) is 29.9 Å². The Morgan fingerprint density at radius 1 is 0.229 bits per heavy atom. The molecule has 12 aromatic carbocycles. The van der Waals surface area contributed by atoms with Crippen LogP contribution in [0, 0.1) is 0 Å². The third-order valence-electron chi connectivity index (χ3n) is 18.5. The standard InChI is InChI=1S/C44H26N2S2.C42H24N4O2/c1-3-16-41-33(9-1)35-12-6-14-37(43(35)47-41)39-22-19-29(25-45-39)27-18-21-32-28(24-27)8-5-11-31(32)30-20-23-40(46-26-30)38-15-7-13-36-34-10-2-4-17-42(34)48-44(36)38;1-3-16-37-31(9-1)33-12-6-14-35(39(33)47-37)41-43-21-27(22-44-41)25-18-19-30-26(20-25)8-5-11-29(30)28-23-45-42(46-24-28)36-15-7-13-34-32-10-2-4-17-38(32)48-40(34)36/h1-26H;1-24H. The van der Waals surface area contributed by atoms with E-state index in [2.05, 4.69) is 206 Å². The molecule has 10 heteroatoms. The molecule has 96 heavy (non-hydrogen) atoms. The van der Waals surface area contributed by atoms with Crippen LogP contribution in [0.15, 0.2) is 313 Å². The number of pyridine rings is 2. The van der Waals surface area contributed by atoms with Crippen LogP contribution in [-0.2, 0) is 0 Å². The molecule has 0 radical (unpaired) electrons. The summed E-state index contributed by atoms with van der Waals surface area (Å²) >= 11 is 3.68. The first-order valence-corrected chi connectivity index (χ1v) is 33.5. The number of fused-ring (bicyclic) bond motifs is 14. The maximum absolute atomic E-state index is 6.22. The number of nitrogens with zero attached hydrogens (tertiary/aromatic N) is 6. The van der Waals surface area contributed by atoms with Gasteiger partial charge in [0.2, 0.25) is 0 Å². The van der Waals surface area contributed by atoms with Crippen molar-refractivity contribution in [3.63, 3.8) is 0 Å². The van der Waals surface area contributed by atoms with E-state index in [9.17, 15) is 0 Å². The quantitative estimate of drug-likeness (QED) is 0.148. The van der Waals surface area contributed by atoms with E-state index in [-0.39, 0.29) is 0 Å². The zero-order valence-corrected chi connectivity index (χ0v) is 52.8. The maximum Gasteiger partial charge on any atom is 0.162 e. The summed E-state index contributed by atoms with van der Waals surface area (Å²) < 4.78 is 17.6. The van der Waals surface area contributed by atoms with E-state index in [1.165, 1.54) is 67.8 Å². The normalized spacial score (nSPS) is 11.8. The summed E-state index contributed by atoms with van der Waals surface area (Å²) in [5.74, 6) is 1.26. The summed E-state index contributed by atoms with van der Waals surface area (Å²) in [5.41, 5.74) is 18.0. The minimum absolute atomic E-state index is 0.630. The van der Waals surface area contributed by atoms with Gasteiger partial charge in [-0.3, -0.25) is 9.97 Å². The van der Waals surface area contributed by atoms with Gasteiger partial charge in [0.05, 0.1) is 22.5 Å². The van der Waals surface area contributed by atoms with Crippen molar-refractivity contribution in [2.45, 2.75) is 0 Å². The zero-order chi connectivity index (χ0) is 63.2. The molecule has 0 amide bonds. The number of thiophene rings is 2. The minimum atomic E-state index is 0.630. The number of hydrogen-bond donors (Lipinski definition) is 0. The van der Waals surface area contributed by atoms with Gasteiger partial charge >= 0.3 is 0 Å². The number of para-hydroxylation sites is 4. The Morgan fingerprint density at radius 3 is 1.10 bits per heavy atom. The van der Waals surface area contributed by atoms with Crippen molar-refractivity contribution in [3.05, 3.63) is 304 Å². The molecule has 0 spiro atoms. The third kappa shape index (κ3) is 9.41. The summed E-state index contributed by atoms with van der Waals surface area (Å²) in [4.78, 5) is 29.0. The Hall–Kier alpha value is -12.3. The molecule has 0 aliphatic rings. The van der Waals surface area contributed by atoms with Gasteiger partial charge in [0.15, 0.2) is 11.6 Å². The Bertz CT molecular complexity index is 6060. The van der Waals surface area contributed by atoms with Gasteiger partial charge in [-0.1, -0.05) is 206 Å². The van der Waals surface area contributed by atoms with Gasteiger partial charge in [0.25, 0.3) is 0 Å². The van der Waals surface area contributed by atoms with E-state index < -0.39 is 0 Å². The molecule has 8 heterocycles. The average Bonchev–Trinajstić information content (AvgIpc) is 1.52. The van der Waals surface area contributed by atoms with Crippen LogP contribution in [0.2, 0.25) is 0 Å². The second-order valence-electron chi connectivity index (χ2n) is 24.1. The highest BCUT2D eigenvalue weighted by molar-refractivity contribution is 7.26. The van der Waals surface area contributed by atoms with E-state index in [1.807, 2.05) is 121 Å². The molecule has 0 atom stereocenters. The maximum atomic E-state index is 6.22. The molecule has 0 aliphatic carbocycles. The van der Waals surface area contributed by atoms with Crippen molar-refractivity contribution in [1.82, 2.24) is 29.9 Å². The van der Waals surface area contributed by atoms with E-state index in [1.54, 1.807) is 0 Å². The van der Waals surface area contributed by atoms with Gasteiger partial charge in [-0.2, -0.15) is 0 Å². The first-order valence-electron chi connectivity index (χ1n) is 31.8. The first-order chi connectivity index (χ1) is 47.6. The summed E-state index contributed by atoms with van der Waals surface area (Å²) in [6, 6.07) is 93.4. The van der Waals surface area contributed by atoms with Crippen LogP contribution in [0.3, 0.4) is 0 Å². The molecule has 0 saturated heterocycles. The van der Waals surface area contributed by atoms with Gasteiger partial charge < -0.3 is 8.83 Å². The molecule has 0 saturated carbocycles. The number of benzene rings is 12. The number of furan rings is 2. The monoisotopic (exact) mass is 1260 g/mol. The van der Waals surface area contributed by atoms with Crippen molar-refractivity contribution >= 4 is 128 Å². The fourth-order valence-electron chi connectivity index (χ4n) is 13.8. The van der Waals surface area contributed by atoms with Crippen LogP contribution in [0.1, 0.15) is 0 Å². The lowest BCUT2D eigenvalue weighted by Gasteiger charge is -2.10. The zero-order valence-electron chi connectivity index (χ0n) is 51.2. The van der Waals surface area contributed by atoms with Gasteiger partial charge in [0, 0.05) is 132 Å².